The predicted molar refractivity (Wildman–Crippen MR) is 95.4 cm³/mol. The highest BCUT2D eigenvalue weighted by molar-refractivity contribution is 5.68. The Hall–Kier alpha value is -3.66. The van der Waals surface area contributed by atoms with Gasteiger partial charge in [-0.15, -0.1) is 0 Å². The van der Waals surface area contributed by atoms with Gasteiger partial charge in [-0.2, -0.15) is 0 Å². The molecule has 0 aromatic heterocycles. The second kappa shape index (κ2) is 8.15. The number of hydrogen-bond acceptors (Lipinski definition) is 10. The molecule has 3 rings (SSSR count). The smallest absolute Gasteiger partial charge is 0.504 e. The van der Waals surface area contributed by atoms with Crippen LogP contribution in [-0.4, -0.2) is 48.0 Å². The van der Waals surface area contributed by atoms with Crippen molar-refractivity contribution in [2.45, 2.75) is 18.6 Å². The van der Waals surface area contributed by atoms with E-state index in [-0.39, 0.29) is 35.2 Å². The van der Waals surface area contributed by atoms with Crippen molar-refractivity contribution >= 4 is 12.3 Å². The summed E-state index contributed by atoms with van der Waals surface area (Å²) in [6.45, 7) is 0. The molecule has 0 bridgehead atoms. The third-order valence-corrected chi connectivity index (χ3v) is 4.21. The first kappa shape index (κ1) is 20.1. The average Bonchev–Trinajstić information content (AvgIpc) is 2.70. The molecule has 0 spiro atoms. The van der Waals surface area contributed by atoms with Crippen LogP contribution in [0.1, 0.15) is 17.2 Å². The fourth-order valence-corrected chi connectivity index (χ4v) is 2.86. The van der Waals surface area contributed by atoms with Crippen molar-refractivity contribution < 1.29 is 48.6 Å². The number of hydrogen-bond donors (Lipinski definition) is 3. The second-order valence-corrected chi connectivity index (χ2v) is 6.07. The number of phenols is 2. The summed E-state index contributed by atoms with van der Waals surface area (Å²) in [6.07, 6.45) is -3.97. The van der Waals surface area contributed by atoms with Crippen molar-refractivity contribution in [1.82, 2.24) is 0 Å². The van der Waals surface area contributed by atoms with Crippen molar-refractivity contribution in [2.24, 2.45) is 0 Å². The van der Waals surface area contributed by atoms with E-state index in [9.17, 15) is 24.9 Å². The Bertz CT molecular complexity index is 939. The number of rotatable bonds is 3. The van der Waals surface area contributed by atoms with Crippen molar-refractivity contribution in [3.05, 3.63) is 41.5 Å². The van der Waals surface area contributed by atoms with E-state index in [4.69, 9.17) is 14.2 Å². The SMILES string of the molecule is COC(=O)Oc1cc(OC(=O)OC)c2c(c1)O[C@H](c1ccc(O)c(O)c1)[C@H](O)C2. The van der Waals surface area contributed by atoms with Gasteiger partial charge in [0.2, 0.25) is 0 Å². The van der Waals surface area contributed by atoms with E-state index in [1.54, 1.807) is 0 Å². The zero-order chi connectivity index (χ0) is 21.1. The van der Waals surface area contributed by atoms with E-state index in [2.05, 4.69) is 9.47 Å². The summed E-state index contributed by atoms with van der Waals surface area (Å²) in [5, 5.41) is 29.8. The molecule has 1 aliphatic heterocycles. The number of carbonyl (C=O) groups is 2. The van der Waals surface area contributed by atoms with E-state index >= 15 is 0 Å². The Morgan fingerprint density at radius 2 is 1.69 bits per heavy atom. The molecule has 29 heavy (non-hydrogen) atoms. The van der Waals surface area contributed by atoms with Crippen molar-refractivity contribution in [3.63, 3.8) is 0 Å². The number of carbonyl (C=O) groups excluding carboxylic acids is 2. The highest BCUT2D eigenvalue weighted by atomic mass is 16.7. The number of aliphatic hydroxyl groups is 1. The zero-order valence-corrected chi connectivity index (χ0v) is 15.4. The lowest BCUT2D eigenvalue weighted by Crippen LogP contribution is -2.31. The van der Waals surface area contributed by atoms with Gasteiger partial charge < -0.3 is 39.0 Å². The van der Waals surface area contributed by atoms with Crippen LogP contribution in [0.5, 0.6) is 28.7 Å². The Kier molecular flexibility index (Phi) is 5.64. The molecule has 1 heterocycles. The lowest BCUT2D eigenvalue weighted by molar-refractivity contribution is 0.0193. The second-order valence-electron chi connectivity index (χ2n) is 6.07. The van der Waals surface area contributed by atoms with Crippen LogP contribution in [0, 0.1) is 0 Å². The van der Waals surface area contributed by atoms with Crippen LogP contribution in [-0.2, 0) is 15.9 Å². The Labute approximate surface area is 164 Å². The van der Waals surface area contributed by atoms with Crippen molar-refractivity contribution in [3.8, 4) is 28.7 Å². The fraction of sp³-hybridized carbons (Fsp3) is 0.263. The van der Waals surface area contributed by atoms with Crippen LogP contribution < -0.4 is 14.2 Å². The van der Waals surface area contributed by atoms with Gasteiger partial charge in [0.15, 0.2) is 11.5 Å². The van der Waals surface area contributed by atoms with Gasteiger partial charge in [-0.05, 0) is 17.7 Å². The van der Waals surface area contributed by atoms with Gasteiger partial charge >= 0.3 is 12.3 Å². The molecular weight excluding hydrogens is 388 g/mol. The van der Waals surface area contributed by atoms with E-state index in [1.165, 1.54) is 30.3 Å². The van der Waals surface area contributed by atoms with Gasteiger partial charge in [0, 0.05) is 24.1 Å². The summed E-state index contributed by atoms with van der Waals surface area (Å²) in [4.78, 5) is 23.0. The molecule has 0 aliphatic carbocycles. The van der Waals surface area contributed by atoms with Crippen LogP contribution in [0.25, 0.3) is 0 Å². The topological polar surface area (TPSA) is 141 Å². The fourth-order valence-electron chi connectivity index (χ4n) is 2.86. The van der Waals surface area contributed by atoms with Gasteiger partial charge in [-0.25, -0.2) is 9.59 Å². The van der Waals surface area contributed by atoms with Crippen LogP contribution in [0.15, 0.2) is 30.3 Å². The molecule has 2 aromatic rings. The number of aromatic hydroxyl groups is 2. The molecule has 0 amide bonds. The standard InChI is InChI=1S/C19H18O10/c1-25-18(23)27-10-6-15-11(16(7-10)29-19(24)26-2)8-14(22)17(28-15)9-3-4-12(20)13(21)5-9/h3-7,14,17,20-22H,8H2,1-2H3/t14-,17-/m1/s1. The lowest BCUT2D eigenvalue weighted by Gasteiger charge is -2.32. The predicted octanol–water partition coefficient (Wildman–Crippen LogP) is 2.43. The molecule has 10 heteroatoms. The molecular formula is C19H18O10. The molecule has 0 radical (unpaired) electrons. The minimum atomic E-state index is -1.07. The molecule has 0 saturated heterocycles. The molecule has 3 N–H and O–H groups in total. The lowest BCUT2D eigenvalue weighted by atomic mass is 9.94. The minimum Gasteiger partial charge on any atom is -0.504 e. The van der Waals surface area contributed by atoms with E-state index < -0.39 is 24.5 Å². The number of fused-ring (bicyclic) bond motifs is 1. The van der Waals surface area contributed by atoms with Crippen molar-refractivity contribution in [1.29, 1.82) is 0 Å². The highest BCUT2D eigenvalue weighted by Gasteiger charge is 2.33. The van der Waals surface area contributed by atoms with Crippen molar-refractivity contribution in [2.75, 3.05) is 14.2 Å². The average molecular weight is 406 g/mol. The maximum Gasteiger partial charge on any atom is 0.513 e. The zero-order valence-electron chi connectivity index (χ0n) is 15.4. The molecule has 154 valence electrons. The molecule has 0 saturated carbocycles. The number of aliphatic hydroxyl groups excluding tert-OH is 1. The minimum absolute atomic E-state index is 0.0203. The summed E-state index contributed by atoms with van der Waals surface area (Å²) in [7, 11) is 2.26. The van der Waals surface area contributed by atoms with Gasteiger partial charge in [0.05, 0.1) is 20.3 Å². The van der Waals surface area contributed by atoms with Crippen LogP contribution in [0.2, 0.25) is 0 Å². The van der Waals surface area contributed by atoms with Crippen LogP contribution >= 0.6 is 0 Å². The summed E-state index contributed by atoms with van der Waals surface area (Å²) < 4.78 is 24.8. The molecule has 0 fully saturated rings. The largest absolute Gasteiger partial charge is 0.513 e. The Balaban J connectivity index is 2.00. The molecule has 10 nitrogen and oxygen atoms in total. The number of ether oxygens (including phenoxy) is 5. The highest BCUT2D eigenvalue weighted by Crippen LogP contribution is 2.43. The van der Waals surface area contributed by atoms with Crippen LogP contribution in [0.4, 0.5) is 9.59 Å². The summed E-state index contributed by atoms with van der Waals surface area (Å²) in [6, 6.07) is 6.63. The quantitative estimate of drug-likeness (QED) is 0.395. The third-order valence-electron chi connectivity index (χ3n) is 4.21. The monoisotopic (exact) mass is 406 g/mol. The van der Waals surface area contributed by atoms with E-state index in [1.807, 2.05) is 0 Å². The maximum absolute atomic E-state index is 11.6. The number of phenolic OH excluding ortho intramolecular Hbond substituents is 2. The third kappa shape index (κ3) is 4.27. The number of methoxy groups -OCH3 is 2. The molecule has 2 aromatic carbocycles. The molecule has 2 atom stereocenters. The first-order valence-corrected chi connectivity index (χ1v) is 8.37. The Morgan fingerprint density at radius 1 is 1.00 bits per heavy atom. The molecule has 0 unspecified atom stereocenters. The summed E-state index contributed by atoms with van der Waals surface area (Å²) >= 11 is 0. The number of benzene rings is 2. The summed E-state index contributed by atoms with van der Waals surface area (Å²) in [5.41, 5.74) is 0.743. The summed E-state index contributed by atoms with van der Waals surface area (Å²) in [5.74, 6) is -0.575. The van der Waals surface area contributed by atoms with Gasteiger partial charge in [0.25, 0.3) is 0 Å². The van der Waals surface area contributed by atoms with Gasteiger partial charge in [-0.3, -0.25) is 0 Å². The van der Waals surface area contributed by atoms with Crippen LogP contribution in [0.3, 0.4) is 0 Å². The normalized spacial score (nSPS) is 17.5. The molecule has 1 aliphatic rings. The van der Waals surface area contributed by atoms with Gasteiger partial charge in [-0.1, -0.05) is 6.07 Å². The maximum atomic E-state index is 11.6. The Morgan fingerprint density at radius 3 is 2.34 bits per heavy atom. The van der Waals surface area contributed by atoms with Gasteiger partial charge in [0.1, 0.15) is 23.4 Å². The van der Waals surface area contributed by atoms with E-state index in [0.29, 0.717) is 11.1 Å². The van der Waals surface area contributed by atoms with E-state index in [0.717, 1.165) is 14.2 Å². The first-order chi connectivity index (χ1) is 13.8. The first-order valence-electron chi connectivity index (χ1n) is 8.37.